The molecule has 0 bridgehead atoms. The summed E-state index contributed by atoms with van der Waals surface area (Å²) in [5.74, 6) is 0. The van der Waals surface area contributed by atoms with E-state index in [1.165, 1.54) is 37.0 Å². The zero-order valence-corrected chi connectivity index (χ0v) is 20.3. The van der Waals surface area contributed by atoms with Gasteiger partial charge in [-0.25, -0.2) is 0 Å². The SMILES string of the molecule is CC.c1ccc(-c2ccc(N(c3ccccc3)c3ccc4sc5ccccc5c4c3)cc2)cc1. The van der Waals surface area contributed by atoms with E-state index in [0.717, 1.165) is 11.4 Å². The monoisotopic (exact) mass is 457 g/mol. The Labute approximate surface area is 205 Å². The molecule has 0 fully saturated rings. The lowest BCUT2D eigenvalue weighted by atomic mass is 10.0. The van der Waals surface area contributed by atoms with Crippen LogP contribution in [0.5, 0.6) is 0 Å². The molecular formula is C32H27NS. The molecule has 0 N–H and O–H groups in total. The van der Waals surface area contributed by atoms with Crippen molar-refractivity contribution in [2.24, 2.45) is 0 Å². The van der Waals surface area contributed by atoms with Gasteiger partial charge in [-0.3, -0.25) is 0 Å². The first-order valence-electron chi connectivity index (χ1n) is 11.8. The molecule has 5 aromatic carbocycles. The fourth-order valence-corrected chi connectivity index (χ4v) is 5.40. The Morgan fingerprint density at radius 1 is 0.441 bits per heavy atom. The van der Waals surface area contributed by atoms with Crippen LogP contribution in [0.4, 0.5) is 17.1 Å². The first kappa shape index (κ1) is 21.9. The van der Waals surface area contributed by atoms with Gasteiger partial charge in [-0.2, -0.15) is 0 Å². The topological polar surface area (TPSA) is 3.24 Å². The molecule has 0 atom stereocenters. The van der Waals surface area contributed by atoms with E-state index in [-0.39, 0.29) is 0 Å². The Morgan fingerprint density at radius 2 is 0.971 bits per heavy atom. The minimum atomic E-state index is 1.15. The molecule has 1 nitrogen and oxygen atoms in total. The first-order chi connectivity index (χ1) is 16.9. The second-order valence-corrected chi connectivity index (χ2v) is 8.95. The molecule has 0 aliphatic carbocycles. The summed E-state index contributed by atoms with van der Waals surface area (Å²) < 4.78 is 2.65. The van der Waals surface area contributed by atoms with Crippen LogP contribution in [-0.4, -0.2) is 0 Å². The summed E-state index contributed by atoms with van der Waals surface area (Å²) in [6.45, 7) is 4.00. The normalized spacial score (nSPS) is 10.6. The van der Waals surface area contributed by atoms with Gasteiger partial charge < -0.3 is 4.90 Å². The van der Waals surface area contributed by atoms with E-state index in [0.29, 0.717) is 0 Å². The van der Waals surface area contributed by atoms with Crippen LogP contribution in [0.3, 0.4) is 0 Å². The number of rotatable bonds is 4. The first-order valence-corrected chi connectivity index (χ1v) is 12.6. The molecule has 0 saturated carbocycles. The van der Waals surface area contributed by atoms with Crippen LogP contribution in [0.1, 0.15) is 13.8 Å². The van der Waals surface area contributed by atoms with Crippen molar-refractivity contribution in [2.45, 2.75) is 13.8 Å². The molecule has 0 unspecified atom stereocenters. The van der Waals surface area contributed by atoms with Crippen molar-refractivity contribution in [1.82, 2.24) is 0 Å². The Kier molecular flexibility index (Phi) is 6.42. The number of hydrogen-bond donors (Lipinski definition) is 0. The van der Waals surface area contributed by atoms with Crippen molar-refractivity contribution < 1.29 is 0 Å². The predicted molar refractivity (Wildman–Crippen MR) is 151 cm³/mol. The molecule has 34 heavy (non-hydrogen) atoms. The van der Waals surface area contributed by atoms with Crippen molar-refractivity contribution in [3.63, 3.8) is 0 Å². The summed E-state index contributed by atoms with van der Waals surface area (Å²) >= 11 is 1.85. The Bertz CT molecular complexity index is 1500. The summed E-state index contributed by atoms with van der Waals surface area (Å²) in [7, 11) is 0. The molecule has 0 aliphatic rings. The third-order valence-electron chi connectivity index (χ3n) is 5.87. The molecule has 2 heteroatoms. The maximum Gasteiger partial charge on any atom is 0.0468 e. The van der Waals surface area contributed by atoms with Crippen LogP contribution in [0, 0.1) is 0 Å². The zero-order valence-electron chi connectivity index (χ0n) is 19.5. The molecule has 6 rings (SSSR count). The van der Waals surface area contributed by atoms with Crippen LogP contribution in [0.2, 0.25) is 0 Å². The van der Waals surface area contributed by atoms with E-state index >= 15 is 0 Å². The highest BCUT2D eigenvalue weighted by molar-refractivity contribution is 7.25. The Hall–Kier alpha value is -3.88. The molecule has 1 aromatic heterocycles. The van der Waals surface area contributed by atoms with Gasteiger partial charge in [0.25, 0.3) is 0 Å². The molecule has 6 aromatic rings. The minimum absolute atomic E-state index is 1.15. The van der Waals surface area contributed by atoms with Crippen molar-refractivity contribution in [3.8, 4) is 11.1 Å². The van der Waals surface area contributed by atoms with Gasteiger partial charge in [0.2, 0.25) is 0 Å². The van der Waals surface area contributed by atoms with E-state index in [2.05, 4.69) is 132 Å². The highest BCUT2D eigenvalue weighted by Gasteiger charge is 2.14. The van der Waals surface area contributed by atoms with Gasteiger partial charge in [-0.15, -0.1) is 11.3 Å². The number of anilines is 3. The summed E-state index contributed by atoms with van der Waals surface area (Å²) in [5, 5.41) is 2.63. The third-order valence-corrected chi connectivity index (χ3v) is 7.02. The van der Waals surface area contributed by atoms with Gasteiger partial charge in [0.05, 0.1) is 0 Å². The maximum absolute atomic E-state index is 2.33. The minimum Gasteiger partial charge on any atom is -0.310 e. The van der Waals surface area contributed by atoms with Crippen LogP contribution >= 0.6 is 11.3 Å². The van der Waals surface area contributed by atoms with Crippen molar-refractivity contribution >= 4 is 48.6 Å². The zero-order chi connectivity index (χ0) is 23.3. The molecule has 0 aliphatic heterocycles. The maximum atomic E-state index is 2.33. The summed E-state index contributed by atoms with van der Waals surface area (Å²) in [6, 6.07) is 45.4. The number of para-hydroxylation sites is 1. The lowest BCUT2D eigenvalue weighted by Gasteiger charge is -2.25. The molecule has 0 radical (unpaired) electrons. The van der Waals surface area contributed by atoms with Crippen molar-refractivity contribution in [3.05, 3.63) is 127 Å². The smallest absolute Gasteiger partial charge is 0.0468 e. The van der Waals surface area contributed by atoms with Gasteiger partial charge in [0, 0.05) is 37.2 Å². The van der Waals surface area contributed by atoms with E-state index in [4.69, 9.17) is 0 Å². The second-order valence-electron chi connectivity index (χ2n) is 7.86. The summed E-state index contributed by atoms with van der Waals surface area (Å²) in [4.78, 5) is 2.33. The highest BCUT2D eigenvalue weighted by atomic mass is 32.1. The standard InChI is InChI=1S/C30H21NS.C2H6/c1-3-9-22(10-4-1)23-15-17-25(18-16-23)31(24-11-5-2-6-12-24)26-19-20-30-28(21-26)27-13-7-8-14-29(27)32-30;1-2/h1-21H;1-2H3. The highest BCUT2D eigenvalue weighted by Crippen LogP contribution is 2.40. The number of fused-ring (bicyclic) bond motifs is 3. The average molecular weight is 458 g/mol. The average Bonchev–Trinajstić information content (AvgIpc) is 3.30. The lowest BCUT2D eigenvalue weighted by molar-refractivity contribution is 1.29. The van der Waals surface area contributed by atoms with Gasteiger partial charge in [0.1, 0.15) is 0 Å². The van der Waals surface area contributed by atoms with E-state index < -0.39 is 0 Å². The molecule has 0 amide bonds. The fourth-order valence-electron chi connectivity index (χ4n) is 4.31. The summed E-state index contributed by atoms with van der Waals surface area (Å²) in [6.07, 6.45) is 0. The van der Waals surface area contributed by atoms with Gasteiger partial charge in [-0.05, 0) is 59.7 Å². The van der Waals surface area contributed by atoms with E-state index in [9.17, 15) is 0 Å². The van der Waals surface area contributed by atoms with E-state index in [1.807, 2.05) is 25.2 Å². The van der Waals surface area contributed by atoms with E-state index in [1.54, 1.807) is 0 Å². The molecule has 1 heterocycles. The number of hydrogen-bond acceptors (Lipinski definition) is 2. The van der Waals surface area contributed by atoms with Crippen LogP contribution in [-0.2, 0) is 0 Å². The third kappa shape index (κ3) is 4.21. The molecular weight excluding hydrogens is 430 g/mol. The quantitative estimate of drug-likeness (QED) is 0.254. The van der Waals surface area contributed by atoms with Gasteiger partial charge in [0.15, 0.2) is 0 Å². The number of benzene rings is 5. The lowest BCUT2D eigenvalue weighted by Crippen LogP contribution is -2.09. The predicted octanol–water partition coefficient (Wildman–Crippen LogP) is 10.2. The molecule has 0 spiro atoms. The Morgan fingerprint density at radius 3 is 1.71 bits per heavy atom. The second kappa shape index (κ2) is 9.94. The van der Waals surface area contributed by atoms with Crippen LogP contribution in [0.15, 0.2) is 127 Å². The fraction of sp³-hybridized carbons (Fsp3) is 0.0625. The van der Waals surface area contributed by atoms with Crippen LogP contribution < -0.4 is 4.90 Å². The number of nitrogens with zero attached hydrogens (tertiary/aromatic N) is 1. The summed E-state index contributed by atoms with van der Waals surface area (Å²) in [5.41, 5.74) is 5.92. The molecule has 166 valence electrons. The molecule has 0 saturated heterocycles. The number of thiophene rings is 1. The van der Waals surface area contributed by atoms with Gasteiger partial charge >= 0.3 is 0 Å². The largest absolute Gasteiger partial charge is 0.310 e. The van der Waals surface area contributed by atoms with Crippen molar-refractivity contribution in [1.29, 1.82) is 0 Å². The van der Waals surface area contributed by atoms with Crippen LogP contribution in [0.25, 0.3) is 31.3 Å². The Balaban J connectivity index is 0.00000117. The van der Waals surface area contributed by atoms with Gasteiger partial charge in [-0.1, -0.05) is 92.7 Å². The van der Waals surface area contributed by atoms with Crippen molar-refractivity contribution in [2.75, 3.05) is 4.90 Å².